The van der Waals surface area contributed by atoms with Gasteiger partial charge < -0.3 is 15.4 Å². The SMILES string of the molecule is CCOC(=O)c1c(NC(=S)Nc2ccc3ccccc3c2)sc(C)c1-c1ccccc1. The van der Waals surface area contributed by atoms with Crippen LogP contribution in [0.3, 0.4) is 0 Å². The van der Waals surface area contributed by atoms with Crippen molar-refractivity contribution in [3.8, 4) is 11.1 Å². The number of anilines is 2. The van der Waals surface area contributed by atoms with E-state index >= 15 is 0 Å². The smallest absolute Gasteiger partial charge is 0.341 e. The highest BCUT2D eigenvalue weighted by Crippen LogP contribution is 2.40. The third-order valence-electron chi connectivity index (χ3n) is 4.86. The van der Waals surface area contributed by atoms with Gasteiger partial charge in [0.05, 0.1) is 6.61 Å². The average Bonchev–Trinajstić information content (AvgIpc) is 3.09. The summed E-state index contributed by atoms with van der Waals surface area (Å²) >= 11 is 7.05. The summed E-state index contributed by atoms with van der Waals surface area (Å²) in [5.74, 6) is -0.360. The summed E-state index contributed by atoms with van der Waals surface area (Å²) in [5.41, 5.74) is 3.24. The summed E-state index contributed by atoms with van der Waals surface area (Å²) in [6.45, 7) is 4.11. The quantitative estimate of drug-likeness (QED) is 0.259. The van der Waals surface area contributed by atoms with Gasteiger partial charge in [-0.3, -0.25) is 0 Å². The highest BCUT2D eigenvalue weighted by atomic mass is 32.1. The van der Waals surface area contributed by atoms with Crippen molar-refractivity contribution >= 4 is 56.1 Å². The van der Waals surface area contributed by atoms with E-state index in [-0.39, 0.29) is 5.97 Å². The Morgan fingerprint density at radius 3 is 2.42 bits per heavy atom. The third kappa shape index (κ3) is 4.60. The predicted molar refractivity (Wildman–Crippen MR) is 134 cm³/mol. The van der Waals surface area contributed by atoms with Crippen molar-refractivity contribution in [2.24, 2.45) is 0 Å². The van der Waals surface area contributed by atoms with Crippen LogP contribution in [0.1, 0.15) is 22.2 Å². The second-order valence-corrected chi connectivity index (χ2v) is 8.60. The number of hydrogen-bond acceptors (Lipinski definition) is 4. The zero-order valence-electron chi connectivity index (χ0n) is 17.3. The maximum Gasteiger partial charge on any atom is 0.341 e. The minimum absolute atomic E-state index is 0.307. The van der Waals surface area contributed by atoms with Crippen LogP contribution in [0, 0.1) is 6.92 Å². The van der Waals surface area contributed by atoms with Gasteiger partial charge in [-0.15, -0.1) is 11.3 Å². The molecule has 0 unspecified atom stereocenters. The minimum Gasteiger partial charge on any atom is -0.462 e. The maximum atomic E-state index is 12.8. The summed E-state index contributed by atoms with van der Waals surface area (Å²) < 4.78 is 5.36. The lowest BCUT2D eigenvalue weighted by Crippen LogP contribution is -2.20. The number of nitrogens with one attached hydrogen (secondary N) is 2. The highest BCUT2D eigenvalue weighted by molar-refractivity contribution is 7.80. The van der Waals surface area contributed by atoms with Crippen LogP contribution in [0.15, 0.2) is 72.8 Å². The number of esters is 1. The lowest BCUT2D eigenvalue weighted by molar-refractivity contribution is 0.0529. The molecule has 4 aromatic rings. The van der Waals surface area contributed by atoms with Gasteiger partial charge in [-0.2, -0.15) is 0 Å². The Labute approximate surface area is 190 Å². The number of carbonyl (C=O) groups is 1. The predicted octanol–water partition coefficient (Wildman–Crippen LogP) is 6.86. The Morgan fingerprint density at radius 1 is 0.968 bits per heavy atom. The molecule has 6 heteroatoms. The fourth-order valence-corrected chi connectivity index (χ4v) is 4.87. The van der Waals surface area contributed by atoms with Crippen LogP contribution in [0.5, 0.6) is 0 Å². The molecule has 0 atom stereocenters. The summed E-state index contributed by atoms with van der Waals surface area (Å²) in [7, 11) is 0. The molecule has 0 radical (unpaired) electrons. The summed E-state index contributed by atoms with van der Waals surface area (Å²) in [6.07, 6.45) is 0. The molecule has 2 N–H and O–H groups in total. The van der Waals surface area contributed by atoms with Gasteiger partial charge in [0.25, 0.3) is 0 Å². The van der Waals surface area contributed by atoms with Gasteiger partial charge in [0.1, 0.15) is 10.6 Å². The molecule has 0 amide bonds. The van der Waals surface area contributed by atoms with Crippen LogP contribution >= 0.6 is 23.6 Å². The first kappa shape index (κ1) is 21.0. The van der Waals surface area contributed by atoms with Gasteiger partial charge in [-0.1, -0.05) is 60.7 Å². The van der Waals surface area contributed by atoms with Crippen LogP contribution in [0.2, 0.25) is 0 Å². The van der Waals surface area contributed by atoms with Crippen molar-refractivity contribution in [3.05, 3.63) is 83.2 Å². The van der Waals surface area contributed by atoms with Crippen molar-refractivity contribution in [2.75, 3.05) is 17.2 Å². The van der Waals surface area contributed by atoms with Gasteiger partial charge in [0, 0.05) is 16.1 Å². The number of benzene rings is 3. The molecule has 0 aliphatic carbocycles. The molecule has 1 aromatic heterocycles. The molecule has 0 aliphatic rings. The Hall–Kier alpha value is -3.22. The molecule has 0 saturated carbocycles. The first-order valence-electron chi connectivity index (χ1n) is 9.99. The molecule has 0 aliphatic heterocycles. The van der Waals surface area contributed by atoms with Crippen LogP contribution in [0.4, 0.5) is 10.7 Å². The lowest BCUT2D eigenvalue weighted by Gasteiger charge is -2.12. The zero-order chi connectivity index (χ0) is 21.8. The van der Waals surface area contributed by atoms with Gasteiger partial charge in [-0.05, 0) is 54.5 Å². The lowest BCUT2D eigenvalue weighted by atomic mass is 10.0. The molecule has 3 aromatic carbocycles. The standard InChI is InChI=1S/C25H22N2O2S2/c1-3-29-24(28)22-21(18-10-5-4-6-11-18)16(2)31-23(22)27-25(30)26-20-14-13-17-9-7-8-12-19(17)15-20/h4-15H,3H2,1-2H3,(H2,26,27,30). The van der Waals surface area contributed by atoms with E-state index in [0.717, 1.165) is 32.5 Å². The van der Waals surface area contributed by atoms with E-state index in [9.17, 15) is 4.79 Å². The van der Waals surface area contributed by atoms with Crippen molar-refractivity contribution in [1.82, 2.24) is 0 Å². The number of ether oxygens (including phenoxy) is 1. The van der Waals surface area contributed by atoms with Gasteiger partial charge in [0.2, 0.25) is 0 Å². The van der Waals surface area contributed by atoms with E-state index in [4.69, 9.17) is 17.0 Å². The zero-order valence-corrected chi connectivity index (χ0v) is 18.9. The Balaban J connectivity index is 1.63. The van der Waals surface area contributed by atoms with Crippen LogP contribution in [-0.4, -0.2) is 17.7 Å². The average molecular weight is 447 g/mol. The van der Waals surface area contributed by atoms with Gasteiger partial charge >= 0.3 is 5.97 Å². The number of thiophene rings is 1. The van der Waals surface area contributed by atoms with Crippen molar-refractivity contribution in [1.29, 1.82) is 0 Å². The highest BCUT2D eigenvalue weighted by Gasteiger charge is 2.24. The number of aryl methyl sites for hydroxylation is 1. The first-order chi connectivity index (χ1) is 15.1. The molecular formula is C25H22N2O2S2. The fourth-order valence-electron chi connectivity index (χ4n) is 3.52. The molecule has 156 valence electrons. The van der Waals surface area contributed by atoms with Crippen LogP contribution < -0.4 is 10.6 Å². The van der Waals surface area contributed by atoms with Gasteiger partial charge in [0.15, 0.2) is 5.11 Å². The second-order valence-electron chi connectivity index (χ2n) is 6.96. The fraction of sp³-hybridized carbons (Fsp3) is 0.120. The Morgan fingerprint density at radius 2 is 1.68 bits per heavy atom. The number of rotatable bonds is 5. The molecular weight excluding hydrogens is 424 g/mol. The number of carbonyl (C=O) groups excluding carboxylic acids is 1. The van der Waals surface area contributed by atoms with E-state index in [1.807, 2.05) is 67.6 Å². The van der Waals surface area contributed by atoms with Crippen LogP contribution in [-0.2, 0) is 4.74 Å². The van der Waals surface area contributed by atoms with Crippen LogP contribution in [0.25, 0.3) is 21.9 Å². The largest absolute Gasteiger partial charge is 0.462 e. The number of fused-ring (bicyclic) bond motifs is 1. The molecule has 0 saturated heterocycles. The van der Waals surface area contributed by atoms with Crippen molar-refractivity contribution in [2.45, 2.75) is 13.8 Å². The molecule has 4 rings (SSSR count). The Kier molecular flexibility index (Phi) is 6.30. The molecule has 4 nitrogen and oxygen atoms in total. The molecule has 0 fully saturated rings. The summed E-state index contributed by atoms with van der Waals surface area (Å²) in [6, 6.07) is 24.1. The third-order valence-corrected chi connectivity index (χ3v) is 6.09. The molecule has 0 spiro atoms. The summed E-state index contributed by atoms with van der Waals surface area (Å²) in [5, 5.41) is 9.82. The second kappa shape index (κ2) is 9.29. The van der Waals surface area contributed by atoms with E-state index < -0.39 is 0 Å². The van der Waals surface area contributed by atoms with E-state index in [1.54, 1.807) is 6.92 Å². The normalized spacial score (nSPS) is 10.6. The van der Waals surface area contributed by atoms with E-state index in [1.165, 1.54) is 11.3 Å². The Bertz CT molecular complexity index is 1250. The van der Waals surface area contributed by atoms with E-state index in [2.05, 4.69) is 22.8 Å². The monoisotopic (exact) mass is 446 g/mol. The summed E-state index contributed by atoms with van der Waals surface area (Å²) in [4.78, 5) is 13.9. The number of thiocarbonyl (C=S) groups is 1. The molecule has 0 bridgehead atoms. The first-order valence-corrected chi connectivity index (χ1v) is 11.2. The topological polar surface area (TPSA) is 50.4 Å². The minimum atomic E-state index is -0.360. The number of hydrogen-bond donors (Lipinski definition) is 2. The molecule has 31 heavy (non-hydrogen) atoms. The van der Waals surface area contributed by atoms with Crippen molar-refractivity contribution in [3.63, 3.8) is 0 Å². The van der Waals surface area contributed by atoms with Gasteiger partial charge in [-0.25, -0.2) is 4.79 Å². The maximum absolute atomic E-state index is 12.8. The van der Waals surface area contributed by atoms with Crippen molar-refractivity contribution < 1.29 is 9.53 Å². The van der Waals surface area contributed by atoms with E-state index in [0.29, 0.717) is 22.3 Å². The molecule has 1 heterocycles.